The van der Waals surface area contributed by atoms with Crippen LogP contribution < -0.4 is 10.1 Å². The second-order valence-corrected chi connectivity index (χ2v) is 8.12. The van der Waals surface area contributed by atoms with E-state index in [0.29, 0.717) is 17.9 Å². The number of hydrogen-bond donors (Lipinski definition) is 2. The molecular formula is C25H26F4N4O5. The smallest absolute Gasteiger partial charge is 0.490 e. The van der Waals surface area contributed by atoms with Gasteiger partial charge >= 0.3 is 12.1 Å². The summed E-state index contributed by atoms with van der Waals surface area (Å²) < 4.78 is 58.1. The lowest BCUT2D eigenvalue weighted by molar-refractivity contribution is -0.192. The number of aromatic nitrogens is 2. The summed E-state index contributed by atoms with van der Waals surface area (Å²) in [7, 11) is 1.86. The predicted octanol–water partition coefficient (Wildman–Crippen LogP) is 3.82. The Morgan fingerprint density at radius 1 is 1.11 bits per heavy atom. The Labute approximate surface area is 215 Å². The van der Waals surface area contributed by atoms with E-state index in [4.69, 9.17) is 19.4 Å². The predicted molar refractivity (Wildman–Crippen MR) is 129 cm³/mol. The molecule has 2 N–H and O–H groups in total. The van der Waals surface area contributed by atoms with Crippen LogP contribution in [0.1, 0.15) is 10.4 Å². The fourth-order valence-corrected chi connectivity index (χ4v) is 3.49. The maximum Gasteiger partial charge on any atom is 0.490 e. The monoisotopic (exact) mass is 538 g/mol. The number of rotatable bonds is 7. The number of halogens is 4. The van der Waals surface area contributed by atoms with Gasteiger partial charge in [-0.3, -0.25) is 14.4 Å². The van der Waals surface area contributed by atoms with Gasteiger partial charge in [0.25, 0.3) is 5.91 Å². The number of nitrogens with one attached hydrogen (secondary N) is 1. The average Bonchev–Trinajstić information content (AvgIpc) is 3.31. The van der Waals surface area contributed by atoms with Crippen LogP contribution in [0.15, 0.2) is 54.7 Å². The number of carbonyl (C=O) groups is 2. The molecule has 1 amide bonds. The molecule has 1 aromatic heterocycles. The number of aryl methyl sites for hydroxylation is 1. The van der Waals surface area contributed by atoms with Crippen molar-refractivity contribution in [3.8, 4) is 17.0 Å². The molecule has 1 aliphatic rings. The molecule has 0 saturated carbocycles. The van der Waals surface area contributed by atoms with E-state index < -0.39 is 12.1 Å². The molecule has 1 saturated heterocycles. The lowest BCUT2D eigenvalue weighted by atomic mass is 10.1. The number of carbonyl (C=O) groups excluding carboxylic acids is 1. The maximum atomic E-state index is 13.1. The molecule has 1 fully saturated rings. The van der Waals surface area contributed by atoms with E-state index in [1.54, 1.807) is 16.9 Å². The number of anilines is 1. The van der Waals surface area contributed by atoms with Crippen LogP contribution in [0.2, 0.25) is 0 Å². The standard InChI is InChI=1S/C23H25FN4O3.C2HF3O2/c1-27-21(8-9-25-27)20-16-19(26-23(29)17-2-4-18(24)5-3-17)6-7-22(20)31-15-12-28-10-13-30-14-11-28;3-2(4,5)1(6)7/h2-9,16H,10-15H2,1H3,(H,26,29);(H,6,7). The number of morpholine rings is 1. The van der Waals surface area contributed by atoms with E-state index in [0.717, 1.165) is 49.9 Å². The van der Waals surface area contributed by atoms with Crippen molar-refractivity contribution in [3.63, 3.8) is 0 Å². The van der Waals surface area contributed by atoms with Gasteiger partial charge in [-0.25, -0.2) is 9.18 Å². The summed E-state index contributed by atoms with van der Waals surface area (Å²) in [5.74, 6) is -2.73. The Morgan fingerprint density at radius 2 is 1.76 bits per heavy atom. The van der Waals surface area contributed by atoms with Gasteiger partial charge in [-0.1, -0.05) is 0 Å². The van der Waals surface area contributed by atoms with Gasteiger partial charge in [0.2, 0.25) is 0 Å². The highest BCUT2D eigenvalue weighted by Crippen LogP contribution is 2.32. The number of nitrogens with zero attached hydrogens (tertiary/aromatic N) is 3. The highest BCUT2D eigenvalue weighted by Gasteiger charge is 2.38. The van der Waals surface area contributed by atoms with Crippen molar-refractivity contribution in [1.29, 1.82) is 0 Å². The molecule has 1 aliphatic heterocycles. The van der Waals surface area contributed by atoms with E-state index in [2.05, 4.69) is 15.3 Å². The molecule has 0 atom stereocenters. The Hall–Kier alpha value is -3.97. The molecule has 3 aromatic rings. The van der Waals surface area contributed by atoms with E-state index >= 15 is 0 Å². The normalized spacial score (nSPS) is 13.8. The molecule has 0 radical (unpaired) electrons. The number of aliphatic carboxylic acids is 1. The van der Waals surface area contributed by atoms with Crippen molar-refractivity contribution >= 4 is 17.6 Å². The van der Waals surface area contributed by atoms with Gasteiger partial charge in [0.1, 0.15) is 18.2 Å². The maximum absolute atomic E-state index is 13.1. The fourth-order valence-electron chi connectivity index (χ4n) is 3.49. The Bertz CT molecular complexity index is 1230. The van der Waals surface area contributed by atoms with E-state index in [9.17, 15) is 22.4 Å². The SMILES string of the molecule is Cn1nccc1-c1cc(NC(=O)c2ccc(F)cc2)ccc1OCCN1CCOCC1.O=C(O)C(F)(F)F. The molecule has 2 aromatic carbocycles. The minimum Gasteiger partial charge on any atom is -0.492 e. The fraction of sp³-hybridized carbons (Fsp3) is 0.320. The summed E-state index contributed by atoms with van der Waals surface area (Å²) in [5.41, 5.74) is 2.71. The van der Waals surface area contributed by atoms with Crippen LogP contribution in [0.3, 0.4) is 0 Å². The number of carboxylic acid groups (broad SMARTS) is 1. The minimum absolute atomic E-state index is 0.308. The number of amides is 1. The first-order chi connectivity index (χ1) is 18.0. The Balaban J connectivity index is 0.000000505. The van der Waals surface area contributed by atoms with Gasteiger partial charge in [0.15, 0.2) is 0 Å². The average molecular weight is 538 g/mol. The minimum atomic E-state index is -5.08. The van der Waals surface area contributed by atoms with Crippen molar-refractivity contribution < 1.29 is 41.7 Å². The van der Waals surface area contributed by atoms with Gasteiger partial charge in [0, 0.05) is 49.7 Å². The van der Waals surface area contributed by atoms with Crippen LogP contribution >= 0.6 is 0 Å². The molecule has 0 unspecified atom stereocenters. The second kappa shape index (κ2) is 13.0. The van der Waals surface area contributed by atoms with Crippen molar-refractivity contribution in [3.05, 3.63) is 66.1 Å². The van der Waals surface area contributed by atoms with Crippen LogP contribution in [0.25, 0.3) is 11.3 Å². The molecule has 9 nitrogen and oxygen atoms in total. The second-order valence-electron chi connectivity index (χ2n) is 8.12. The molecule has 0 spiro atoms. The number of hydrogen-bond acceptors (Lipinski definition) is 6. The summed E-state index contributed by atoms with van der Waals surface area (Å²) >= 11 is 0. The van der Waals surface area contributed by atoms with Crippen molar-refractivity contribution in [2.24, 2.45) is 7.05 Å². The summed E-state index contributed by atoms with van der Waals surface area (Å²) in [4.78, 5) is 23.7. The van der Waals surface area contributed by atoms with E-state index in [1.165, 1.54) is 24.3 Å². The highest BCUT2D eigenvalue weighted by molar-refractivity contribution is 6.04. The number of carboxylic acids is 1. The summed E-state index contributed by atoms with van der Waals surface area (Å²) in [6.45, 7) is 4.69. The molecule has 0 bridgehead atoms. The van der Waals surface area contributed by atoms with E-state index in [-0.39, 0.29) is 11.7 Å². The summed E-state index contributed by atoms with van der Waals surface area (Å²) in [6.07, 6.45) is -3.36. The summed E-state index contributed by atoms with van der Waals surface area (Å²) in [6, 6.07) is 12.8. The van der Waals surface area contributed by atoms with Crippen molar-refractivity contribution in [2.75, 3.05) is 44.8 Å². The summed E-state index contributed by atoms with van der Waals surface area (Å²) in [5, 5.41) is 14.2. The molecular weight excluding hydrogens is 512 g/mol. The van der Waals surface area contributed by atoms with Crippen LogP contribution in [0.4, 0.5) is 23.2 Å². The molecule has 204 valence electrons. The van der Waals surface area contributed by atoms with Gasteiger partial charge in [-0.2, -0.15) is 18.3 Å². The molecule has 38 heavy (non-hydrogen) atoms. The van der Waals surface area contributed by atoms with E-state index in [1.807, 2.05) is 25.2 Å². The molecule has 4 rings (SSSR count). The molecule has 13 heteroatoms. The third kappa shape index (κ3) is 8.28. The first-order valence-corrected chi connectivity index (χ1v) is 11.5. The third-order valence-electron chi connectivity index (χ3n) is 5.45. The number of benzene rings is 2. The van der Waals surface area contributed by atoms with Crippen molar-refractivity contribution in [2.45, 2.75) is 6.18 Å². The van der Waals surface area contributed by atoms with Crippen LogP contribution in [-0.2, 0) is 16.6 Å². The topological polar surface area (TPSA) is 106 Å². The number of alkyl halides is 3. The van der Waals surface area contributed by atoms with Crippen LogP contribution in [-0.4, -0.2) is 77.3 Å². The van der Waals surface area contributed by atoms with Gasteiger partial charge in [0.05, 0.1) is 18.9 Å². The lowest BCUT2D eigenvalue weighted by Gasteiger charge is -2.26. The zero-order valence-corrected chi connectivity index (χ0v) is 20.4. The van der Waals surface area contributed by atoms with Crippen molar-refractivity contribution in [1.82, 2.24) is 14.7 Å². The van der Waals surface area contributed by atoms with Gasteiger partial charge < -0.3 is 19.9 Å². The quantitative estimate of drug-likeness (QED) is 0.441. The van der Waals surface area contributed by atoms with Gasteiger partial charge in [-0.15, -0.1) is 0 Å². The third-order valence-corrected chi connectivity index (χ3v) is 5.45. The zero-order valence-electron chi connectivity index (χ0n) is 20.4. The zero-order chi connectivity index (χ0) is 27.7. The Kier molecular flexibility index (Phi) is 9.79. The Morgan fingerprint density at radius 3 is 2.34 bits per heavy atom. The lowest BCUT2D eigenvalue weighted by Crippen LogP contribution is -2.38. The first kappa shape index (κ1) is 28.6. The first-order valence-electron chi connectivity index (χ1n) is 11.5. The highest BCUT2D eigenvalue weighted by atomic mass is 19.4. The van der Waals surface area contributed by atoms with Crippen LogP contribution in [0, 0.1) is 5.82 Å². The largest absolute Gasteiger partial charge is 0.492 e. The molecule has 2 heterocycles. The molecule has 0 aliphatic carbocycles. The number of ether oxygens (including phenoxy) is 2. The van der Waals surface area contributed by atoms with Crippen LogP contribution in [0.5, 0.6) is 5.75 Å². The van der Waals surface area contributed by atoms with Gasteiger partial charge in [-0.05, 0) is 48.5 Å².